The molecule has 2 saturated heterocycles. The van der Waals surface area contributed by atoms with Crippen LogP contribution in [-0.4, -0.2) is 53.0 Å². The van der Waals surface area contributed by atoms with Gasteiger partial charge in [0.25, 0.3) is 11.8 Å². The molecule has 8 nitrogen and oxygen atoms in total. The van der Waals surface area contributed by atoms with Crippen LogP contribution in [0.15, 0.2) is 30.3 Å². The van der Waals surface area contributed by atoms with E-state index in [4.69, 9.17) is 4.74 Å². The number of amides is 4. The third-order valence-electron chi connectivity index (χ3n) is 5.86. The number of nitrogens with zero attached hydrogens (tertiary/aromatic N) is 2. The molecule has 1 unspecified atom stereocenters. The molecule has 150 valence electrons. The molecule has 1 aromatic heterocycles. The zero-order valence-electron chi connectivity index (χ0n) is 15.9. The first kappa shape index (κ1) is 17.9. The van der Waals surface area contributed by atoms with Gasteiger partial charge in [-0.25, -0.2) is 9.78 Å². The summed E-state index contributed by atoms with van der Waals surface area (Å²) in [6, 6.07) is 8.78. The zero-order valence-corrected chi connectivity index (χ0v) is 15.9. The number of fused-ring (bicyclic) bond motifs is 1. The van der Waals surface area contributed by atoms with Crippen LogP contribution < -0.4 is 15.4 Å². The summed E-state index contributed by atoms with van der Waals surface area (Å²) in [5.74, 6) is 0.608. The summed E-state index contributed by atoms with van der Waals surface area (Å²) in [5, 5.41) is 5.86. The number of nitrogens with one attached hydrogen (secondary N) is 2. The van der Waals surface area contributed by atoms with Crippen molar-refractivity contribution in [1.29, 1.82) is 0 Å². The van der Waals surface area contributed by atoms with Crippen LogP contribution in [0.2, 0.25) is 0 Å². The molecular weight excluding hydrogens is 372 g/mol. The number of urea groups is 1. The zero-order chi connectivity index (χ0) is 20.0. The average molecular weight is 394 g/mol. The molecule has 5 rings (SSSR count). The van der Waals surface area contributed by atoms with E-state index in [1.165, 1.54) is 12.8 Å². The van der Waals surface area contributed by atoms with Gasteiger partial charge in [0.1, 0.15) is 17.0 Å². The second-order valence-electron chi connectivity index (χ2n) is 8.10. The van der Waals surface area contributed by atoms with Crippen LogP contribution in [0.25, 0.3) is 10.9 Å². The summed E-state index contributed by atoms with van der Waals surface area (Å²) < 4.78 is 6.01. The molecule has 0 radical (unpaired) electrons. The van der Waals surface area contributed by atoms with Gasteiger partial charge in [0, 0.05) is 18.0 Å². The molecule has 2 aromatic rings. The number of imide groups is 1. The molecule has 0 bridgehead atoms. The van der Waals surface area contributed by atoms with E-state index >= 15 is 0 Å². The maximum atomic E-state index is 13.2. The largest absolute Gasteiger partial charge is 0.493 e. The van der Waals surface area contributed by atoms with Gasteiger partial charge in [-0.3, -0.25) is 14.9 Å². The van der Waals surface area contributed by atoms with Crippen LogP contribution in [0.1, 0.15) is 36.2 Å². The van der Waals surface area contributed by atoms with Gasteiger partial charge in [-0.05, 0) is 43.7 Å². The van der Waals surface area contributed by atoms with Crippen molar-refractivity contribution in [3.8, 4) is 5.75 Å². The Morgan fingerprint density at radius 3 is 2.86 bits per heavy atom. The van der Waals surface area contributed by atoms with Crippen molar-refractivity contribution in [2.75, 3.05) is 19.7 Å². The lowest BCUT2D eigenvalue weighted by Crippen LogP contribution is -2.59. The summed E-state index contributed by atoms with van der Waals surface area (Å²) in [6.45, 7) is 1.29. The molecule has 1 saturated carbocycles. The van der Waals surface area contributed by atoms with Crippen molar-refractivity contribution in [2.45, 2.75) is 31.2 Å². The van der Waals surface area contributed by atoms with Crippen LogP contribution in [0.3, 0.4) is 0 Å². The van der Waals surface area contributed by atoms with Crippen molar-refractivity contribution in [2.24, 2.45) is 5.92 Å². The molecule has 1 atom stereocenters. The van der Waals surface area contributed by atoms with E-state index in [-0.39, 0.29) is 24.1 Å². The number of hydrogen-bond donors (Lipinski definition) is 2. The molecule has 29 heavy (non-hydrogen) atoms. The molecule has 2 aliphatic heterocycles. The number of rotatable bonds is 4. The minimum atomic E-state index is -1.05. The Hall–Kier alpha value is -3.16. The minimum Gasteiger partial charge on any atom is -0.493 e. The second kappa shape index (κ2) is 6.72. The van der Waals surface area contributed by atoms with E-state index in [0.717, 1.165) is 5.39 Å². The fourth-order valence-corrected chi connectivity index (χ4v) is 4.07. The first-order valence-electron chi connectivity index (χ1n) is 9.99. The lowest BCUT2D eigenvalue weighted by molar-refractivity contribution is -0.125. The van der Waals surface area contributed by atoms with Gasteiger partial charge in [0.15, 0.2) is 0 Å². The van der Waals surface area contributed by atoms with Crippen LogP contribution in [0.4, 0.5) is 4.79 Å². The first-order chi connectivity index (χ1) is 14.0. The van der Waals surface area contributed by atoms with Crippen molar-refractivity contribution < 1.29 is 19.1 Å². The van der Waals surface area contributed by atoms with Crippen molar-refractivity contribution in [3.63, 3.8) is 0 Å². The lowest BCUT2D eigenvalue weighted by Gasteiger charge is -2.37. The van der Waals surface area contributed by atoms with E-state index in [0.29, 0.717) is 43.2 Å². The van der Waals surface area contributed by atoms with E-state index in [1.54, 1.807) is 11.0 Å². The van der Waals surface area contributed by atoms with Crippen LogP contribution in [0.5, 0.6) is 5.75 Å². The Morgan fingerprint density at radius 1 is 1.28 bits per heavy atom. The van der Waals surface area contributed by atoms with Gasteiger partial charge < -0.3 is 15.0 Å². The Morgan fingerprint density at radius 2 is 2.10 bits per heavy atom. The summed E-state index contributed by atoms with van der Waals surface area (Å²) in [5.41, 5.74) is -0.0632. The average Bonchev–Trinajstić information content (AvgIpc) is 3.51. The lowest BCUT2D eigenvalue weighted by atomic mass is 9.89. The van der Waals surface area contributed by atoms with E-state index in [2.05, 4.69) is 15.6 Å². The fourth-order valence-electron chi connectivity index (χ4n) is 4.07. The third kappa shape index (κ3) is 3.28. The number of carbonyl (C=O) groups is 3. The quantitative estimate of drug-likeness (QED) is 0.771. The number of piperidine rings is 1. The van der Waals surface area contributed by atoms with Gasteiger partial charge in [-0.15, -0.1) is 0 Å². The van der Waals surface area contributed by atoms with Crippen molar-refractivity contribution in [1.82, 2.24) is 20.5 Å². The van der Waals surface area contributed by atoms with Crippen molar-refractivity contribution in [3.05, 3.63) is 36.0 Å². The van der Waals surface area contributed by atoms with Gasteiger partial charge in [-0.1, -0.05) is 12.1 Å². The molecule has 1 aromatic carbocycles. The van der Waals surface area contributed by atoms with Crippen molar-refractivity contribution >= 4 is 28.7 Å². The summed E-state index contributed by atoms with van der Waals surface area (Å²) in [6.07, 6.45) is 3.49. The highest BCUT2D eigenvalue weighted by Gasteiger charge is 2.49. The second-order valence-corrected chi connectivity index (χ2v) is 8.10. The molecule has 1 aliphatic carbocycles. The van der Waals surface area contributed by atoms with E-state index in [1.807, 2.05) is 24.3 Å². The van der Waals surface area contributed by atoms with E-state index < -0.39 is 11.6 Å². The summed E-state index contributed by atoms with van der Waals surface area (Å²) in [7, 11) is 0. The molecule has 1 spiro atoms. The maximum Gasteiger partial charge on any atom is 0.322 e. The SMILES string of the molecule is O=C1NC(=O)C2(CCCN(C(=O)c3cc(OCC4CC4)c4ccccc4n3)C2)N1. The molecular formula is C21H22N4O4. The highest BCUT2D eigenvalue weighted by Crippen LogP contribution is 2.32. The number of pyridine rings is 1. The Labute approximate surface area is 167 Å². The number of para-hydroxylation sites is 1. The molecule has 8 heteroatoms. The maximum absolute atomic E-state index is 13.2. The van der Waals surface area contributed by atoms with Crippen LogP contribution in [-0.2, 0) is 4.79 Å². The van der Waals surface area contributed by atoms with Gasteiger partial charge in [0.05, 0.1) is 18.7 Å². The molecule has 3 heterocycles. The Kier molecular flexibility index (Phi) is 4.15. The highest BCUT2D eigenvalue weighted by molar-refractivity contribution is 6.07. The smallest absolute Gasteiger partial charge is 0.322 e. The van der Waals surface area contributed by atoms with Gasteiger partial charge in [-0.2, -0.15) is 0 Å². The monoisotopic (exact) mass is 394 g/mol. The summed E-state index contributed by atoms with van der Waals surface area (Å²) >= 11 is 0. The number of carbonyl (C=O) groups excluding carboxylic acids is 3. The van der Waals surface area contributed by atoms with Gasteiger partial charge >= 0.3 is 6.03 Å². The van der Waals surface area contributed by atoms with Crippen LogP contribution in [0, 0.1) is 5.92 Å². The summed E-state index contributed by atoms with van der Waals surface area (Å²) in [4.78, 5) is 43.3. The Balaban J connectivity index is 1.44. The Bertz CT molecular complexity index is 1020. The highest BCUT2D eigenvalue weighted by atomic mass is 16.5. The number of aromatic nitrogens is 1. The molecule has 3 aliphatic rings. The predicted octanol–water partition coefficient (Wildman–Crippen LogP) is 1.84. The predicted molar refractivity (Wildman–Crippen MR) is 105 cm³/mol. The number of likely N-dealkylation sites (tertiary alicyclic amines) is 1. The molecule has 2 N–H and O–H groups in total. The first-order valence-corrected chi connectivity index (χ1v) is 9.99. The molecule has 4 amide bonds. The normalized spacial score (nSPS) is 23.9. The van der Waals surface area contributed by atoms with Crippen LogP contribution >= 0.6 is 0 Å². The number of benzene rings is 1. The molecule has 3 fully saturated rings. The fraction of sp³-hybridized carbons (Fsp3) is 0.429. The van der Waals surface area contributed by atoms with E-state index in [9.17, 15) is 14.4 Å². The minimum absolute atomic E-state index is 0.135. The number of hydrogen-bond acceptors (Lipinski definition) is 5. The topological polar surface area (TPSA) is 101 Å². The number of ether oxygens (including phenoxy) is 1. The van der Waals surface area contributed by atoms with Gasteiger partial charge in [0.2, 0.25) is 0 Å². The standard InChI is InChI=1S/C21H22N4O4/c26-18(25-9-3-8-21(12-25)19(27)23-20(28)24-21)16-10-17(29-11-13-6-7-13)14-4-1-2-5-15(14)22-16/h1-2,4-5,10,13H,3,6-9,11-12H2,(H2,23,24,27,28). The third-order valence-corrected chi connectivity index (χ3v) is 5.86.